The Labute approximate surface area is 171 Å². The Morgan fingerprint density at radius 3 is 2.54 bits per heavy atom. The van der Waals surface area contributed by atoms with Crippen molar-refractivity contribution in [3.05, 3.63) is 40.8 Å². The van der Waals surface area contributed by atoms with E-state index in [1.165, 1.54) is 4.90 Å². The number of hydrogen-bond donors (Lipinski definition) is 3. The van der Waals surface area contributed by atoms with Gasteiger partial charge in [-0.2, -0.15) is 0 Å². The number of nitrogens with zero attached hydrogens (tertiary/aromatic N) is 1. The highest BCUT2D eigenvalue weighted by atomic mass is 32.2. The maximum absolute atomic E-state index is 12.5. The molecule has 4 N–H and O–H groups in total. The number of thiocarbonyl (C=S) groups is 1. The van der Waals surface area contributed by atoms with Gasteiger partial charge in [-0.1, -0.05) is 54.3 Å². The summed E-state index contributed by atoms with van der Waals surface area (Å²) in [6, 6.07) is 8.08. The van der Waals surface area contributed by atoms with Gasteiger partial charge in [0.25, 0.3) is 5.91 Å². The highest BCUT2D eigenvalue weighted by molar-refractivity contribution is 8.26. The number of amides is 3. The van der Waals surface area contributed by atoms with E-state index in [4.69, 9.17) is 23.1 Å². The minimum absolute atomic E-state index is 0.0325. The van der Waals surface area contributed by atoms with Crippen LogP contribution < -0.4 is 11.1 Å². The number of primary amides is 1. The molecule has 0 aliphatic carbocycles. The number of carboxylic acids is 1. The summed E-state index contributed by atoms with van der Waals surface area (Å²) in [6.45, 7) is 0.0325. The topological polar surface area (TPSA) is 130 Å². The number of carbonyl (C=O) groups excluding carboxylic acids is 3. The summed E-state index contributed by atoms with van der Waals surface area (Å²) >= 11 is 6.36. The molecule has 0 saturated carbocycles. The molecule has 28 heavy (non-hydrogen) atoms. The molecule has 1 aliphatic rings. The average Bonchev–Trinajstić information content (AvgIpc) is 2.90. The van der Waals surface area contributed by atoms with Crippen LogP contribution in [-0.2, 0) is 19.2 Å². The lowest BCUT2D eigenvalue weighted by molar-refractivity contribution is -0.142. The summed E-state index contributed by atoms with van der Waals surface area (Å²) in [6.07, 6.45) is 1.35. The smallest absolute Gasteiger partial charge is 0.326 e. The molecule has 1 aliphatic heterocycles. The van der Waals surface area contributed by atoms with Crippen LogP contribution in [0.2, 0.25) is 0 Å². The van der Waals surface area contributed by atoms with Crippen LogP contribution in [0.5, 0.6) is 0 Å². The van der Waals surface area contributed by atoms with Gasteiger partial charge in [0.1, 0.15) is 10.4 Å². The minimum Gasteiger partial charge on any atom is -0.480 e. The number of thioether (sulfide) groups is 1. The third kappa shape index (κ3) is 6.17. The summed E-state index contributed by atoms with van der Waals surface area (Å²) < 4.78 is 0.337. The molecule has 0 radical (unpaired) electrons. The molecule has 1 fully saturated rings. The van der Waals surface area contributed by atoms with E-state index < -0.39 is 23.8 Å². The number of nitrogens with one attached hydrogen (secondary N) is 1. The zero-order chi connectivity index (χ0) is 20.7. The number of carbonyl (C=O) groups is 4. The molecule has 0 aromatic heterocycles. The van der Waals surface area contributed by atoms with Crippen LogP contribution >= 0.6 is 24.0 Å². The SMILES string of the molecule is NC(=O)CC[C@@H](NC(=O)CCN1C(=O)/C(=C\c2ccccc2)SC1=S)C(=O)O. The van der Waals surface area contributed by atoms with Gasteiger partial charge in [0.05, 0.1) is 4.91 Å². The van der Waals surface area contributed by atoms with Gasteiger partial charge in [-0.3, -0.25) is 19.3 Å². The molecule has 1 heterocycles. The van der Waals surface area contributed by atoms with Crippen molar-refractivity contribution in [2.45, 2.75) is 25.3 Å². The van der Waals surface area contributed by atoms with Crippen LogP contribution in [0, 0.1) is 0 Å². The quantitative estimate of drug-likeness (QED) is 0.402. The predicted octanol–water partition coefficient (Wildman–Crippen LogP) is 1.11. The second-order valence-corrected chi connectivity index (χ2v) is 7.63. The molecule has 1 aromatic carbocycles. The van der Waals surface area contributed by atoms with E-state index in [0.717, 1.165) is 17.3 Å². The molecule has 1 aromatic rings. The Balaban J connectivity index is 1.92. The van der Waals surface area contributed by atoms with Gasteiger partial charge >= 0.3 is 5.97 Å². The first-order valence-corrected chi connectivity index (χ1v) is 9.61. The Morgan fingerprint density at radius 2 is 1.93 bits per heavy atom. The van der Waals surface area contributed by atoms with Crippen molar-refractivity contribution < 1.29 is 24.3 Å². The van der Waals surface area contributed by atoms with Crippen LogP contribution in [0.1, 0.15) is 24.8 Å². The first-order valence-electron chi connectivity index (χ1n) is 8.39. The van der Waals surface area contributed by atoms with Crippen LogP contribution in [0.4, 0.5) is 0 Å². The van der Waals surface area contributed by atoms with E-state index in [-0.39, 0.29) is 31.7 Å². The lowest BCUT2D eigenvalue weighted by Gasteiger charge is -2.16. The van der Waals surface area contributed by atoms with E-state index in [2.05, 4.69) is 5.32 Å². The Morgan fingerprint density at radius 1 is 1.25 bits per heavy atom. The zero-order valence-corrected chi connectivity index (χ0v) is 16.4. The monoisotopic (exact) mass is 421 g/mol. The Bertz CT molecular complexity index is 826. The number of benzene rings is 1. The normalized spacial score (nSPS) is 16.3. The summed E-state index contributed by atoms with van der Waals surface area (Å²) in [5.74, 6) is -2.76. The Hall–Kier alpha value is -2.72. The van der Waals surface area contributed by atoms with E-state index in [9.17, 15) is 19.2 Å². The number of rotatable bonds is 9. The second-order valence-electron chi connectivity index (χ2n) is 5.96. The zero-order valence-electron chi connectivity index (χ0n) is 14.8. The van der Waals surface area contributed by atoms with E-state index in [0.29, 0.717) is 9.23 Å². The van der Waals surface area contributed by atoms with Crippen molar-refractivity contribution in [1.29, 1.82) is 0 Å². The highest BCUT2D eigenvalue weighted by Crippen LogP contribution is 2.32. The minimum atomic E-state index is -1.26. The van der Waals surface area contributed by atoms with Gasteiger partial charge in [-0.25, -0.2) is 4.79 Å². The molecule has 10 heteroatoms. The van der Waals surface area contributed by atoms with Crippen molar-refractivity contribution in [3.63, 3.8) is 0 Å². The van der Waals surface area contributed by atoms with E-state index in [1.54, 1.807) is 6.08 Å². The number of hydrogen-bond acceptors (Lipinski definition) is 6. The van der Waals surface area contributed by atoms with Crippen LogP contribution in [0.15, 0.2) is 35.2 Å². The summed E-state index contributed by atoms with van der Waals surface area (Å²) in [7, 11) is 0. The Kier molecular flexibility index (Phi) is 7.70. The molecule has 1 saturated heterocycles. The highest BCUT2D eigenvalue weighted by Gasteiger charge is 2.32. The predicted molar refractivity (Wildman–Crippen MR) is 109 cm³/mol. The molecule has 2 rings (SSSR count). The van der Waals surface area contributed by atoms with Gasteiger partial charge < -0.3 is 16.2 Å². The fraction of sp³-hybridized carbons (Fsp3) is 0.278. The molecular formula is C18H19N3O5S2. The summed E-state index contributed by atoms with van der Waals surface area (Å²) in [5, 5.41) is 11.4. The number of carboxylic acid groups (broad SMARTS) is 1. The number of aliphatic carboxylic acids is 1. The standard InChI is InChI=1S/C18H19N3O5S2/c19-14(22)7-6-12(17(25)26)20-15(23)8-9-21-16(24)13(28-18(21)27)10-11-4-2-1-3-5-11/h1-5,10,12H,6-9H2,(H2,19,22)(H,20,23)(H,25,26)/b13-10+/t12-/m1/s1. The largest absolute Gasteiger partial charge is 0.480 e. The van der Waals surface area contributed by atoms with Crippen LogP contribution in [0.3, 0.4) is 0 Å². The van der Waals surface area contributed by atoms with E-state index >= 15 is 0 Å². The second kappa shape index (κ2) is 10.00. The average molecular weight is 422 g/mol. The van der Waals surface area contributed by atoms with Gasteiger partial charge in [0.2, 0.25) is 11.8 Å². The van der Waals surface area contributed by atoms with Gasteiger partial charge in [-0.05, 0) is 18.1 Å². The van der Waals surface area contributed by atoms with E-state index in [1.807, 2.05) is 30.3 Å². The first-order chi connectivity index (χ1) is 13.3. The van der Waals surface area contributed by atoms with Crippen molar-refractivity contribution >= 4 is 58.1 Å². The molecule has 1 atom stereocenters. The fourth-order valence-corrected chi connectivity index (χ4v) is 3.73. The number of nitrogens with two attached hydrogens (primary N) is 1. The van der Waals surface area contributed by atoms with Gasteiger partial charge in [-0.15, -0.1) is 0 Å². The van der Waals surface area contributed by atoms with Crippen LogP contribution in [-0.4, -0.2) is 50.6 Å². The molecular weight excluding hydrogens is 402 g/mol. The molecule has 8 nitrogen and oxygen atoms in total. The molecule has 0 bridgehead atoms. The van der Waals surface area contributed by atoms with Crippen molar-refractivity contribution in [2.24, 2.45) is 5.73 Å². The van der Waals surface area contributed by atoms with Crippen molar-refractivity contribution in [3.8, 4) is 0 Å². The van der Waals surface area contributed by atoms with Crippen molar-refractivity contribution in [1.82, 2.24) is 10.2 Å². The maximum Gasteiger partial charge on any atom is 0.326 e. The third-order valence-corrected chi connectivity index (χ3v) is 5.22. The van der Waals surface area contributed by atoms with Crippen molar-refractivity contribution in [2.75, 3.05) is 6.54 Å². The van der Waals surface area contributed by atoms with Gasteiger partial charge in [0.15, 0.2) is 0 Å². The third-order valence-electron chi connectivity index (χ3n) is 3.85. The molecule has 0 unspecified atom stereocenters. The fourth-order valence-electron chi connectivity index (χ4n) is 2.42. The molecule has 0 spiro atoms. The van der Waals surface area contributed by atoms with Gasteiger partial charge in [0, 0.05) is 19.4 Å². The lowest BCUT2D eigenvalue weighted by atomic mass is 10.1. The molecule has 148 valence electrons. The van der Waals surface area contributed by atoms with Crippen LogP contribution in [0.25, 0.3) is 6.08 Å². The summed E-state index contributed by atoms with van der Waals surface area (Å²) in [4.78, 5) is 48.3. The lowest BCUT2D eigenvalue weighted by Crippen LogP contribution is -2.42. The molecule has 3 amide bonds. The maximum atomic E-state index is 12.5. The first kappa shape index (κ1) is 21.6. The summed E-state index contributed by atoms with van der Waals surface area (Å²) in [5.41, 5.74) is 5.86.